The molecule has 3 aromatic rings. The fraction of sp³-hybridized carbons (Fsp3) is 0.304. The van der Waals surface area contributed by atoms with Crippen LogP contribution in [0.15, 0.2) is 57.0 Å². The molecule has 0 saturated carbocycles. The van der Waals surface area contributed by atoms with Crippen molar-refractivity contribution in [3.8, 4) is 22.8 Å². The number of anilines is 1. The Bertz CT molecular complexity index is 1140. The summed E-state index contributed by atoms with van der Waals surface area (Å²) in [5.41, 5.74) is 6.72. The third-order valence-electron chi connectivity index (χ3n) is 5.38. The highest BCUT2D eigenvalue weighted by atomic mass is 19.4. The Hall–Kier alpha value is -3.49. The van der Waals surface area contributed by atoms with Crippen molar-refractivity contribution in [3.05, 3.63) is 59.2 Å². The minimum Gasteiger partial charge on any atom is -0.454 e. The average molecular weight is 445 g/mol. The summed E-state index contributed by atoms with van der Waals surface area (Å²) in [6.45, 7) is 0.447. The lowest BCUT2D eigenvalue weighted by molar-refractivity contribution is -0.137. The van der Waals surface area contributed by atoms with Gasteiger partial charge >= 0.3 is 6.18 Å². The van der Waals surface area contributed by atoms with Crippen molar-refractivity contribution in [1.82, 2.24) is 10.5 Å². The zero-order valence-electron chi connectivity index (χ0n) is 17.2. The molecule has 9 heteroatoms. The number of allylic oxidation sites excluding steroid dienone is 1. The number of halogens is 3. The second-order valence-corrected chi connectivity index (χ2v) is 7.63. The molecule has 0 atom stereocenters. The summed E-state index contributed by atoms with van der Waals surface area (Å²) in [6, 6.07) is 7.80. The molecule has 0 bridgehead atoms. The lowest BCUT2D eigenvalue weighted by Crippen LogP contribution is -2.25. The standard InChI is InChI=1S/C23H22F3N3O3/c24-23(25,26)16-8-4-7-15(13-16)17-9-10-18(31-17)20-19(21(27)32-29-20)22(30)28-12-11-14-5-2-1-3-6-14/h4-5,7-10,13H,1-3,6,11-12,27H2,(H,28,30). The Morgan fingerprint density at radius 3 is 2.72 bits per heavy atom. The maximum Gasteiger partial charge on any atom is 0.416 e. The second kappa shape index (κ2) is 8.94. The van der Waals surface area contributed by atoms with Gasteiger partial charge in [-0.3, -0.25) is 4.79 Å². The molecule has 0 radical (unpaired) electrons. The summed E-state index contributed by atoms with van der Waals surface area (Å²) >= 11 is 0. The molecule has 168 valence electrons. The summed E-state index contributed by atoms with van der Waals surface area (Å²) in [6.07, 6.45) is 2.97. The van der Waals surface area contributed by atoms with Gasteiger partial charge in [-0.05, 0) is 56.4 Å². The van der Waals surface area contributed by atoms with Crippen LogP contribution >= 0.6 is 0 Å². The van der Waals surface area contributed by atoms with Gasteiger partial charge in [0.05, 0.1) is 5.56 Å². The van der Waals surface area contributed by atoms with Gasteiger partial charge in [0.2, 0.25) is 5.88 Å². The Labute approximate surface area is 182 Å². The van der Waals surface area contributed by atoms with Crippen molar-refractivity contribution in [2.75, 3.05) is 12.3 Å². The first-order chi connectivity index (χ1) is 15.3. The maximum absolute atomic E-state index is 13.0. The third-order valence-corrected chi connectivity index (χ3v) is 5.38. The van der Waals surface area contributed by atoms with Gasteiger partial charge in [-0.15, -0.1) is 0 Å². The van der Waals surface area contributed by atoms with E-state index >= 15 is 0 Å². The first-order valence-corrected chi connectivity index (χ1v) is 10.3. The number of nitrogen functional groups attached to an aromatic ring is 1. The molecule has 0 fully saturated rings. The number of carbonyl (C=O) groups is 1. The number of nitrogens with zero attached hydrogens (tertiary/aromatic N) is 1. The quantitative estimate of drug-likeness (QED) is 0.466. The number of nitrogens with two attached hydrogens (primary N) is 1. The number of carbonyl (C=O) groups excluding carboxylic acids is 1. The summed E-state index contributed by atoms with van der Waals surface area (Å²) in [7, 11) is 0. The van der Waals surface area contributed by atoms with Crippen LogP contribution in [0.2, 0.25) is 0 Å². The Morgan fingerprint density at radius 2 is 1.97 bits per heavy atom. The number of aromatic nitrogens is 1. The normalized spacial score (nSPS) is 14.3. The lowest BCUT2D eigenvalue weighted by atomic mass is 9.97. The number of amides is 1. The first-order valence-electron chi connectivity index (χ1n) is 10.3. The third kappa shape index (κ3) is 4.71. The van der Waals surface area contributed by atoms with E-state index in [0.717, 1.165) is 37.8 Å². The highest BCUT2D eigenvalue weighted by Gasteiger charge is 2.31. The molecule has 32 heavy (non-hydrogen) atoms. The zero-order chi connectivity index (χ0) is 22.7. The van der Waals surface area contributed by atoms with E-state index in [1.807, 2.05) is 0 Å². The van der Waals surface area contributed by atoms with E-state index < -0.39 is 17.6 Å². The van der Waals surface area contributed by atoms with E-state index in [1.54, 1.807) is 0 Å². The Balaban J connectivity index is 1.51. The molecular weight excluding hydrogens is 423 g/mol. The molecule has 3 N–H and O–H groups in total. The van der Waals surface area contributed by atoms with Gasteiger partial charge in [-0.1, -0.05) is 28.9 Å². The Kier molecular flexibility index (Phi) is 6.07. The van der Waals surface area contributed by atoms with Crippen molar-refractivity contribution >= 4 is 11.8 Å². The smallest absolute Gasteiger partial charge is 0.416 e. The largest absolute Gasteiger partial charge is 0.454 e. The maximum atomic E-state index is 13.0. The van der Waals surface area contributed by atoms with Crippen LogP contribution < -0.4 is 11.1 Å². The van der Waals surface area contributed by atoms with E-state index in [1.165, 1.54) is 36.3 Å². The highest BCUT2D eigenvalue weighted by Crippen LogP contribution is 2.35. The average Bonchev–Trinajstić information content (AvgIpc) is 3.41. The van der Waals surface area contributed by atoms with E-state index in [2.05, 4.69) is 16.5 Å². The number of nitrogens with one attached hydrogen (secondary N) is 1. The van der Waals surface area contributed by atoms with Crippen molar-refractivity contribution < 1.29 is 26.9 Å². The number of rotatable bonds is 6. The van der Waals surface area contributed by atoms with Gasteiger partial charge in [0, 0.05) is 12.1 Å². The van der Waals surface area contributed by atoms with Gasteiger partial charge in [0.15, 0.2) is 11.5 Å². The minimum atomic E-state index is -4.47. The number of hydrogen-bond acceptors (Lipinski definition) is 5. The van der Waals surface area contributed by atoms with E-state index in [9.17, 15) is 18.0 Å². The van der Waals surface area contributed by atoms with Crippen LogP contribution in [0.5, 0.6) is 0 Å². The van der Waals surface area contributed by atoms with Gasteiger partial charge in [0.25, 0.3) is 5.91 Å². The minimum absolute atomic E-state index is 0.0348. The number of benzene rings is 1. The molecular formula is C23H22F3N3O3. The zero-order valence-corrected chi connectivity index (χ0v) is 17.2. The van der Waals surface area contributed by atoms with Crippen molar-refractivity contribution in [2.45, 2.75) is 38.3 Å². The van der Waals surface area contributed by atoms with Crippen molar-refractivity contribution in [2.24, 2.45) is 0 Å². The fourth-order valence-electron chi connectivity index (χ4n) is 3.72. The molecule has 6 nitrogen and oxygen atoms in total. The van der Waals surface area contributed by atoms with Crippen LogP contribution in [0.1, 0.15) is 48.0 Å². The summed E-state index contributed by atoms with van der Waals surface area (Å²) in [5.74, 6) is -0.250. The molecule has 0 saturated heterocycles. The van der Waals surface area contributed by atoms with E-state index in [0.29, 0.717) is 6.54 Å². The monoisotopic (exact) mass is 445 g/mol. The number of furan rings is 1. The molecule has 1 aromatic carbocycles. The summed E-state index contributed by atoms with van der Waals surface area (Å²) in [4.78, 5) is 12.7. The van der Waals surface area contributed by atoms with Crippen molar-refractivity contribution in [1.29, 1.82) is 0 Å². The molecule has 0 spiro atoms. The molecule has 4 rings (SSSR count). The highest BCUT2D eigenvalue weighted by molar-refractivity contribution is 6.03. The predicted octanol–water partition coefficient (Wildman–Crippen LogP) is 5.82. The lowest BCUT2D eigenvalue weighted by Gasteiger charge is -2.12. The SMILES string of the molecule is Nc1onc(-c2ccc(-c3cccc(C(F)(F)F)c3)o2)c1C(=O)NCCC1=CCCCC1. The topological polar surface area (TPSA) is 94.3 Å². The molecule has 0 aliphatic heterocycles. The second-order valence-electron chi connectivity index (χ2n) is 7.63. The molecule has 2 aromatic heterocycles. The first kappa shape index (κ1) is 21.7. The predicted molar refractivity (Wildman–Crippen MR) is 113 cm³/mol. The van der Waals surface area contributed by atoms with Crippen LogP contribution in [-0.4, -0.2) is 17.6 Å². The summed E-state index contributed by atoms with van der Waals surface area (Å²) in [5, 5.41) is 6.64. The van der Waals surface area contributed by atoms with Gasteiger partial charge in [-0.2, -0.15) is 13.2 Å². The van der Waals surface area contributed by atoms with E-state index in [4.69, 9.17) is 14.7 Å². The fourth-order valence-corrected chi connectivity index (χ4v) is 3.72. The molecule has 1 aliphatic carbocycles. The van der Waals surface area contributed by atoms with Crippen LogP contribution in [-0.2, 0) is 6.18 Å². The van der Waals surface area contributed by atoms with E-state index in [-0.39, 0.29) is 34.2 Å². The van der Waals surface area contributed by atoms with Crippen LogP contribution in [0.25, 0.3) is 22.8 Å². The van der Waals surface area contributed by atoms with Crippen LogP contribution in [0, 0.1) is 0 Å². The number of hydrogen-bond donors (Lipinski definition) is 2. The number of alkyl halides is 3. The molecule has 2 heterocycles. The van der Waals surface area contributed by atoms with Gasteiger partial charge in [-0.25, -0.2) is 0 Å². The van der Waals surface area contributed by atoms with Crippen LogP contribution in [0.4, 0.5) is 19.1 Å². The molecule has 1 amide bonds. The van der Waals surface area contributed by atoms with Crippen LogP contribution in [0.3, 0.4) is 0 Å². The van der Waals surface area contributed by atoms with Gasteiger partial charge in [0.1, 0.15) is 11.3 Å². The molecule has 1 aliphatic rings. The van der Waals surface area contributed by atoms with Gasteiger partial charge < -0.3 is 20.0 Å². The Morgan fingerprint density at radius 1 is 1.16 bits per heavy atom. The molecule has 0 unspecified atom stereocenters. The summed E-state index contributed by atoms with van der Waals surface area (Å²) < 4.78 is 49.7. The van der Waals surface area contributed by atoms with Crippen molar-refractivity contribution in [3.63, 3.8) is 0 Å².